The fraction of sp³-hybridized carbons (Fsp3) is 0.769. The van der Waals surface area contributed by atoms with Gasteiger partial charge in [0, 0.05) is 26.6 Å². The van der Waals surface area contributed by atoms with Crippen molar-refractivity contribution < 1.29 is 19.5 Å². The summed E-state index contributed by atoms with van der Waals surface area (Å²) in [6, 6.07) is -0.306. The minimum absolute atomic E-state index is 0.109. The van der Waals surface area contributed by atoms with E-state index in [-0.39, 0.29) is 43.9 Å². The van der Waals surface area contributed by atoms with E-state index in [2.05, 4.69) is 5.32 Å². The lowest BCUT2D eigenvalue weighted by Crippen LogP contribution is -2.47. The first-order valence-corrected chi connectivity index (χ1v) is 6.96. The first-order valence-electron chi connectivity index (χ1n) is 6.96. The van der Waals surface area contributed by atoms with Crippen molar-refractivity contribution in [3.8, 4) is 0 Å². The number of likely N-dealkylation sites (N-methyl/N-ethyl adjacent to an activating group) is 1. The summed E-state index contributed by atoms with van der Waals surface area (Å²) in [5, 5.41) is 12.5. The normalized spacial score (nSPS) is 21.1. The number of nitrogens with one attached hydrogen (secondary N) is 1. The van der Waals surface area contributed by atoms with Crippen LogP contribution in [-0.4, -0.2) is 65.0 Å². The van der Waals surface area contributed by atoms with Gasteiger partial charge in [-0.2, -0.15) is 0 Å². The Morgan fingerprint density at radius 3 is 2.60 bits per heavy atom. The van der Waals surface area contributed by atoms with Gasteiger partial charge in [0.25, 0.3) is 0 Å². The van der Waals surface area contributed by atoms with Gasteiger partial charge in [-0.15, -0.1) is 0 Å². The van der Waals surface area contributed by atoms with Crippen LogP contribution in [0.1, 0.15) is 32.1 Å². The minimum Gasteiger partial charge on any atom is -0.388 e. The molecule has 2 N–H and O–H groups in total. The van der Waals surface area contributed by atoms with Crippen LogP contribution >= 0.6 is 0 Å². The molecule has 20 heavy (non-hydrogen) atoms. The van der Waals surface area contributed by atoms with Gasteiger partial charge in [-0.3, -0.25) is 14.5 Å². The zero-order valence-electron chi connectivity index (χ0n) is 11.7. The van der Waals surface area contributed by atoms with E-state index in [1.165, 1.54) is 9.80 Å². The lowest BCUT2D eigenvalue weighted by molar-refractivity contribution is -0.126. The second-order valence-corrected chi connectivity index (χ2v) is 5.64. The number of aliphatic hydroxyl groups is 1. The van der Waals surface area contributed by atoms with Gasteiger partial charge in [0.2, 0.25) is 11.8 Å². The van der Waals surface area contributed by atoms with Crippen LogP contribution < -0.4 is 5.32 Å². The molecule has 0 aromatic carbocycles. The molecule has 2 rings (SSSR count). The summed E-state index contributed by atoms with van der Waals surface area (Å²) in [6.45, 7) is 0.661. The molecule has 0 radical (unpaired) electrons. The van der Waals surface area contributed by atoms with Crippen molar-refractivity contribution in [2.45, 2.75) is 37.7 Å². The number of imide groups is 1. The minimum atomic E-state index is -0.723. The highest BCUT2D eigenvalue weighted by Gasteiger charge is 2.35. The molecule has 0 spiro atoms. The van der Waals surface area contributed by atoms with Gasteiger partial charge in [0.15, 0.2) is 0 Å². The maximum atomic E-state index is 11.6. The second-order valence-electron chi connectivity index (χ2n) is 5.64. The number of rotatable bonds is 6. The van der Waals surface area contributed by atoms with Crippen molar-refractivity contribution in [1.82, 2.24) is 15.1 Å². The highest BCUT2D eigenvalue weighted by atomic mass is 16.3. The first kappa shape index (κ1) is 14.8. The molecule has 1 aliphatic carbocycles. The Bertz CT molecular complexity index is 420. The number of amides is 4. The summed E-state index contributed by atoms with van der Waals surface area (Å²) < 4.78 is 0. The van der Waals surface area contributed by atoms with Crippen molar-refractivity contribution in [3.05, 3.63) is 0 Å². The van der Waals surface area contributed by atoms with E-state index in [9.17, 15) is 19.5 Å². The van der Waals surface area contributed by atoms with Crippen molar-refractivity contribution in [1.29, 1.82) is 0 Å². The molecule has 0 atom stereocenters. The number of hydrogen-bond acceptors (Lipinski definition) is 4. The van der Waals surface area contributed by atoms with E-state index < -0.39 is 5.60 Å². The predicted molar refractivity (Wildman–Crippen MR) is 70.8 cm³/mol. The van der Waals surface area contributed by atoms with Gasteiger partial charge in [-0.25, -0.2) is 4.79 Å². The molecular weight excluding hydrogens is 262 g/mol. The number of hydrogen-bond donors (Lipinski definition) is 2. The third kappa shape index (κ3) is 3.27. The second kappa shape index (κ2) is 5.78. The molecule has 2 fully saturated rings. The monoisotopic (exact) mass is 283 g/mol. The molecule has 7 heteroatoms. The van der Waals surface area contributed by atoms with Crippen LogP contribution in [-0.2, 0) is 9.59 Å². The quantitative estimate of drug-likeness (QED) is 0.654. The maximum absolute atomic E-state index is 11.6. The lowest BCUT2D eigenvalue weighted by atomic mass is 9.80. The Morgan fingerprint density at radius 1 is 1.40 bits per heavy atom. The fourth-order valence-corrected chi connectivity index (χ4v) is 2.40. The van der Waals surface area contributed by atoms with Crippen molar-refractivity contribution in [3.63, 3.8) is 0 Å². The molecule has 0 unspecified atom stereocenters. The largest absolute Gasteiger partial charge is 0.388 e. The molecule has 7 nitrogen and oxygen atoms in total. The van der Waals surface area contributed by atoms with Crippen LogP contribution in [0.25, 0.3) is 0 Å². The molecule has 0 aromatic heterocycles. The van der Waals surface area contributed by atoms with Crippen LogP contribution in [0.5, 0.6) is 0 Å². The number of carbonyl (C=O) groups excluding carboxylic acids is 3. The zero-order valence-corrected chi connectivity index (χ0v) is 11.7. The average molecular weight is 283 g/mol. The molecule has 4 amide bonds. The van der Waals surface area contributed by atoms with Crippen LogP contribution in [0.15, 0.2) is 0 Å². The van der Waals surface area contributed by atoms with E-state index in [1.54, 1.807) is 7.05 Å². The SMILES string of the molecule is CN1CC(=O)N(CCCC(=O)NCC2(O)CCC2)C1=O. The van der Waals surface area contributed by atoms with E-state index >= 15 is 0 Å². The molecule has 1 heterocycles. The van der Waals surface area contributed by atoms with Crippen molar-refractivity contribution in [2.75, 3.05) is 26.7 Å². The standard InChI is InChI=1S/C13H21N3O4/c1-15-8-11(18)16(12(15)19)7-2-4-10(17)14-9-13(20)5-3-6-13/h20H,2-9H2,1H3,(H,14,17). The molecule has 0 aromatic rings. The summed E-state index contributed by atoms with van der Waals surface area (Å²) in [7, 11) is 1.58. The summed E-state index contributed by atoms with van der Waals surface area (Å²) in [4.78, 5) is 37.2. The molecule has 2 aliphatic rings. The molecule has 0 bridgehead atoms. The smallest absolute Gasteiger partial charge is 0.326 e. The van der Waals surface area contributed by atoms with E-state index in [4.69, 9.17) is 0 Å². The van der Waals surface area contributed by atoms with Gasteiger partial charge in [0.1, 0.15) is 6.54 Å². The summed E-state index contributed by atoms with van der Waals surface area (Å²) in [5.74, 6) is -0.375. The number of urea groups is 1. The Balaban J connectivity index is 1.64. The van der Waals surface area contributed by atoms with Gasteiger partial charge in [0.05, 0.1) is 5.60 Å². The molecule has 1 saturated heterocycles. The summed E-state index contributed by atoms with van der Waals surface area (Å²) >= 11 is 0. The molecule has 1 aliphatic heterocycles. The van der Waals surface area contributed by atoms with E-state index in [0.29, 0.717) is 6.42 Å². The van der Waals surface area contributed by atoms with Gasteiger partial charge in [-0.1, -0.05) is 0 Å². The molecular formula is C13H21N3O4. The van der Waals surface area contributed by atoms with Crippen molar-refractivity contribution in [2.24, 2.45) is 0 Å². The van der Waals surface area contributed by atoms with Crippen molar-refractivity contribution >= 4 is 17.8 Å². The summed E-state index contributed by atoms with van der Waals surface area (Å²) in [6.07, 6.45) is 3.15. The molecule has 1 saturated carbocycles. The Hall–Kier alpha value is -1.63. The van der Waals surface area contributed by atoms with Gasteiger partial charge in [-0.05, 0) is 25.7 Å². The first-order chi connectivity index (χ1) is 9.41. The Kier molecular flexibility index (Phi) is 4.27. The average Bonchev–Trinajstić information content (AvgIpc) is 2.60. The predicted octanol–water partition coefficient (Wildman–Crippen LogP) is -0.308. The van der Waals surface area contributed by atoms with Crippen LogP contribution in [0.3, 0.4) is 0 Å². The van der Waals surface area contributed by atoms with Gasteiger partial charge >= 0.3 is 6.03 Å². The third-order valence-corrected chi connectivity index (χ3v) is 3.92. The maximum Gasteiger partial charge on any atom is 0.326 e. The summed E-state index contributed by atoms with van der Waals surface area (Å²) in [5.41, 5.74) is -0.723. The van der Waals surface area contributed by atoms with E-state index in [0.717, 1.165) is 19.3 Å². The fourth-order valence-electron chi connectivity index (χ4n) is 2.40. The van der Waals surface area contributed by atoms with E-state index in [1.807, 2.05) is 0 Å². The highest BCUT2D eigenvalue weighted by Crippen LogP contribution is 2.30. The van der Waals surface area contributed by atoms with Crippen LogP contribution in [0, 0.1) is 0 Å². The number of nitrogens with zero attached hydrogens (tertiary/aromatic N) is 2. The Labute approximate surface area is 117 Å². The lowest BCUT2D eigenvalue weighted by Gasteiger charge is -2.36. The third-order valence-electron chi connectivity index (χ3n) is 3.92. The van der Waals surface area contributed by atoms with Crippen LogP contribution in [0.4, 0.5) is 4.79 Å². The van der Waals surface area contributed by atoms with Gasteiger partial charge < -0.3 is 15.3 Å². The highest BCUT2D eigenvalue weighted by molar-refractivity contribution is 6.01. The van der Waals surface area contributed by atoms with Crippen LogP contribution in [0.2, 0.25) is 0 Å². The topological polar surface area (TPSA) is 90.0 Å². The Morgan fingerprint density at radius 2 is 2.10 bits per heavy atom. The number of carbonyl (C=O) groups is 3. The zero-order chi connectivity index (χ0) is 14.8. The molecule has 112 valence electrons.